The van der Waals surface area contributed by atoms with Gasteiger partial charge < -0.3 is 4.90 Å². The van der Waals surface area contributed by atoms with Gasteiger partial charge >= 0.3 is 0 Å². The van der Waals surface area contributed by atoms with E-state index >= 15 is 0 Å². The van der Waals surface area contributed by atoms with Gasteiger partial charge in [0.05, 0.1) is 11.2 Å². The van der Waals surface area contributed by atoms with Gasteiger partial charge in [-0.3, -0.25) is 0 Å². The standard InChI is InChI=1S/C19H20N2S2/c1-2-6-18-16(5-1)17(8-7-15-13-22-14-20-15)19(23-18)9-12-21-10-3-4-11-21/h1-2,5-8,13-14H,3-4,9-12H2. The first-order chi connectivity index (χ1) is 11.4. The molecule has 4 rings (SSSR count). The lowest BCUT2D eigenvalue weighted by atomic mass is 10.1. The number of rotatable bonds is 5. The van der Waals surface area contributed by atoms with E-state index < -0.39 is 0 Å². The first-order valence-corrected chi connectivity index (χ1v) is 9.95. The van der Waals surface area contributed by atoms with Crippen LogP contribution in [0.1, 0.15) is 29.0 Å². The average Bonchev–Trinajstić information content (AvgIpc) is 3.31. The molecule has 0 spiro atoms. The molecule has 2 aromatic heterocycles. The fourth-order valence-corrected chi connectivity index (χ4v) is 4.93. The summed E-state index contributed by atoms with van der Waals surface area (Å²) in [5.41, 5.74) is 4.33. The van der Waals surface area contributed by atoms with Crippen molar-refractivity contribution in [3.63, 3.8) is 0 Å². The summed E-state index contributed by atoms with van der Waals surface area (Å²) in [7, 11) is 0. The Hall–Kier alpha value is -1.49. The van der Waals surface area contributed by atoms with Crippen molar-refractivity contribution in [2.75, 3.05) is 19.6 Å². The number of thiophene rings is 1. The second-order valence-corrected chi connectivity index (χ2v) is 7.84. The molecular formula is C19H20N2S2. The van der Waals surface area contributed by atoms with Crippen LogP contribution in [0.5, 0.6) is 0 Å². The molecule has 3 heterocycles. The van der Waals surface area contributed by atoms with Crippen LogP contribution in [0.25, 0.3) is 22.2 Å². The van der Waals surface area contributed by atoms with Gasteiger partial charge in [-0.2, -0.15) is 0 Å². The number of nitrogens with zero attached hydrogens (tertiary/aromatic N) is 2. The number of hydrogen-bond donors (Lipinski definition) is 0. The van der Waals surface area contributed by atoms with Gasteiger partial charge in [-0.15, -0.1) is 22.7 Å². The number of benzene rings is 1. The summed E-state index contributed by atoms with van der Waals surface area (Å²) in [5.74, 6) is 0. The summed E-state index contributed by atoms with van der Waals surface area (Å²) in [6.45, 7) is 3.73. The molecule has 23 heavy (non-hydrogen) atoms. The highest BCUT2D eigenvalue weighted by Gasteiger charge is 2.14. The zero-order valence-corrected chi connectivity index (χ0v) is 14.7. The van der Waals surface area contributed by atoms with Crippen molar-refractivity contribution in [1.29, 1.82) is 0 Å². The van der Waals surface area contributed by atoms with Crippen molar-refractivity contribution in [3.05, 3.63) is 51.3 Å². The van der Waals surface area contributed by atoms with E-state index in [-0.39, 0.29) is 0 Å². The molecule has 1 saturated heterocycles. The zero-order valence-electron chi connectivity index (χ0n) is 13.1. The summed E-state index contributed by atoms with van der Waals surface area (Å²) in [6, 6.07) is 8.75. The lowest BCUT2D eigenvalue weighted by molar-refractivity contribution is 0.344. The maximum absolute atomic E-state index is 4.36. The summed E-state index contributed by atoms with van der Waals surface area (Å²) < 4.78 is 1.39. The van der Waals surface area contributed by atoms with E-state index in [0.717, 1.165) is 12.1 Å². The molecule has 0 atom stereocenters. The maximum Gasteiger partial charge on any atom is 0.0798 e. The van der Waals surface area contributed by atoms with E-state index in [4.69, 9.17) is 0 Å². The first-order valence-electron chi connectivity index (χ1n) is 8.19. The lowest BCUT2D eigenvalue weighted by Gasteiger charge is -2.13. The molecule has 1 aliphatic rings. The third-order valence-corrected chi connectivity index (χ3v) is 6.29. The molecule has 3 aromatic rings. The first kappa shape index (κ1) is 15.1. The minimum Gasteiger partial charge on any atom is -0.303 e. The normalized spacial score (nSPS) is 16.0. The maximum atomic E-state index is 4.36. The van der Waals surface area contributed by atoms with Crippen LogP contribution in [0.15, 0.2) is 35.2 Å². The predicted octanol–water partition coefficient (Wildman–Crippen LogP) is 5.17. The van der Waals surface area contributed by atoms with Crippen LogP contribution in [0.4, 0.5) is 0 Å². The summed E-state index contributed by atoms with van der Waals surface area (Å²) in [5, 5.41) is 3.47. The molecule has 0 unspecified atom stereocenters. The lowest BCUT2D eigenvalue weighted by Crippen LogP contribution is -2.21. The Balaban J connectivity index is 1.63. The van der Waals surface area contributed by atoms with Crippen molar-refractivity contribution in [1.82, 2.24) is 9.88 Å². The van der Waals surface area contributed by atoms with Crippen LogP contribution in [-0.2, 0) is 6.42 Å². The van der Waals surface area contributed by atoms with E-state index in [0.29, 0.717) is 0 Å². The second kappa shape index (κ2) is 6.95. The molecule has 2 nitrogen and oxygen atoms in total. The predicted molar refractivity (Wildman–Crippen MR) is 102 cm³/mol. The van der Waals surface area contributed by atoms with Gasteiger partial charge in [-0.25, -0.2) is 4.98 Å². The Bertz CT molecular complexity index is 796. The van der Waals surface area contributed by atoms with Gasteiger partial charge in [0, 0.05) is 21.5 Å². The molecule has 1 aromatic carbocycles. The Kier molecular flexibility index (Phi) is 4.55. The number of thiazole rings is 1. The van der Waals surface area contributed by atoms with Crippen LogP contribution in [0.2, 0.25) is 0 Å². The van der Waals surface area contributed by atoms with Crippen LogP contribution < -0.4 is 0 Å². The number of hydrogen-bond acceptors (Lipinski definition) is 4. The van der Waals surface area contributed by atoms with Crippen molar-refractivity contribution < 1.29 is 0 Å². The molecule has 0 N–H and O–H groups in total. The third kappa shape index (κ3) is 3.39. The van der Waals surface area contributed by atoms with E-state index in [9.17, 15) is 0 Å². The fourth-order valence-electron chi connectivity index (χ4n) is 3.22. The van der Waals surface area contributed by atoms with E-state index in [1.54, 1.807) is 11.3 Å². The van der Waals surface area contributed by atoms with Crippen molar-refractivity contribution >= 4 is 44.9 Å². The smallest absolute Gasteiger partial charge is 0.0798 e. The quantitative estimate of drug-likeness (QED) is 0.637. The Morgan fingerprint density at radius 1 is 1.13 bits per heavy atom. The van der Waals surface area contributed by atoms with Crippen LogP contribution in [-0.4, -0.2) is 29.5 Å². The van der Waals surface area contributed by atoms with Gasteiger partial charge in [0.1, 0.15) is 0 Å². The Morgan fingerprint density at radius 3 is 2.83 bits per heavy atom. The second-order valence-electron chi connectivity index (χ2n) is 5.98. The molecule has 0 bridgehead atoms. The van der Waals surface area contributed by atoms with Gasteiger partial charge in [0.15, 0.2) is 0 Å². The summed E-state index contributed by atoms with van der Waals surface area (Å²) in [6.07, 6.45) is 8.28. The van der Waals surface area contributed by atoms with E-state index in [2.05, 4.69) is 51.7 Å². The number of likely N-dealkylation sites (tertiary alicyclic amines) is 1. The summed E-state index contributed by atoms with van der Waals surface area (Å²) in [4.78, 5) is 8.46. The molecule has 0 saturated carbocycles. The monoisotopic (exact) mass is 340 g/mol. The van der Waals surface area contributed by atoms with Gasteiger partial charge in [0.2, 0.25) is 0 Å². The zero-order chi connectivity index (χ0) is 15.5. The minimum absolute atomic E-state index is 1.05. The van der Waals surface area contributed by atoms with Gasteiger partial charge in [0.25, 0.3) is 0 Å². The van der Waals surface area contributed by atoms with E-state index in [1.807, 2.05) is 16.8 Å². The average molecular weight is 341 g/mol. The van der Waals surface area contributed by atoms with Gasteiger partial charge in [-0.05, 0) is 55.4 Å². The topological polar surface area (TPSA) is 16.1 Å². The third-order valence-electron chi connectivity index (χ3n) is 4.44. The van der Waals surface area contributed by atoms with Crippen molar-refractivity contribution in [3.8, 4) is 0 Å². The molecule has 118 valence electrons. The van der Waals surface area contributed by atoms with Crippen LogP contribution >= 0.6 is 22.7 Å². The van der Waals surface area contributed by atoms with E-state index in [1.165, 1.54) is 53.0 Å². The largest absolute Gasteiger partial charge is 0.303 e. The minimum atomic E-state index is 1.05. The molecule has 0 radical (unpaired) electrons. The molecule has 0 aliphatic carbocycles. The molecule has 4 heteroatoms. The molecule has 1 aliphatic heterocycles. The molecule has 1 fully saturated rings. The molecule has 0 amide bonds. The number of fused-ring (bicyclic) bond motifs is 1. The highest BCUT2D eigenvalue weighted by molar-refractivity contribution is 7.19. The molecular weight excluding hydrogens is 320 g/mol. The van der Waals surface area contributed by atoms with Crippen LogP contribution in [0.3, 0.4) is 0 Å². The Labute approximate surface area is 145 Å². The van der Waals surface area contributed by atoms with Gasteiger partial charge in [-0.1, -0.05) is 24.3 Å². The van der Waals surface area contributed by atoms with Crippen molar-refractivity contribution in [2.45, 2.75) is 19.3 Å². The fraction of sp³-hybridized carbons (Fsp3) is 0.316. The SMILES string of the molecule is C(=Cc1c(CCN2CCCC2)sc2ccccc12)c1cscn1. The Morgan fingerprint density at radius 2 is 2.00 bits per heavy atom. The number of aromatic nitrogens is 1. The van der Waals surface area contributed by atoms with Crippen molar-refractivity contribution in [2.24, 2.45) is 0 Å². The summed E-state index contributed by atoms with van der Waals surface area (Å²) >= 11 is 3.59. The highest BCUT2D eigenvalue weighted by Crippen LogP contribution is 2.33. The van der Waals surface area contributed by atoms with Crippen LogP contribution in [0, 0.1) is 0 Å². The highest BCUT2D eigenvalue weighted by atomic mass is 32.1.